The summed E-state index contributed by atoms with van der Waals surface area (Å²) >= 11 is 0. The van der Waals surface area contributed by atoms with Crippen LogP contribution in [0.4, 0.5) is 0 Å². The Labute approximate surface area is 146 Å². The number of carboxylic acids is 1. The molecular formula is C19H23N3O3. The van der Waals surface area contributed by atoms with Crippen molar-refractivity contribution in [2.75, 3.05) is 0 Å². The van der Waals surface area contributed by atoms with E-state index in [1.165, 1.54) is 0 Å². The minimum Gasteiger partial charge on any atom is -0.481 e. The number of rotatable bonds is 6. The Morgan fingerprint density at radius 1 is 1.24 bits per heavy atom. The summed E-state index contributed by atoms with van der Waals surface area (Å²) < 4.78 is 1.86. The Kier molecular flexibility index (Phi) is 4.61. The number of nitrogens with one attached hydrogen (secondary N) is 1. The third-order valence-corrected chi connectivity index (χ3v) is 5.17. The molecule has 1 aliphatic carbocycles. The van der Waals surface area contributed by atoms with E-state index in [9.17, 15) is 14.7 Å². The topological polar surface area (TPSA) is 84.2 Å². The van der Waals surface area contributed by atoms with Crippen LogP contribution in [-0.4, -0.2) is 26.8 Å². The zero-order chi connectivity index (χ0) is 18.0. The standard InChI is InChI=1S/C19H23N3O3/c1-13-16(14(2)22(21-13)15-7-4-3-5-8-15)12-20-17(23)11-19(18(24)25)9-6-10-19/h3-5,7-8H,6,9-12H2,1-2H3,(H,20,23)(H,24,25). The van der Waals surface area contributed by atoms with Crippen molar-refractivity contribution in [3.05, 3.63) is 47.3 Å². The molecule has 1 heterocycles. The Morgan fingerprint density at radius 2 is 1.92 bits per heavy atom. The first-order valence-corrected chi connectivity index (χ1v) is 8.53. The first-order chi connectivity index (χ1) is 11.9. The number of hydrogen-bond donors (Lipinski definition) is 2. The zero-order valence-corrected chi connectivity index (χ0v) is 14.6. The molecule has 3 rings (SSSR count). The number of carbonyl (C=O) groups is 2. The number of hydrogen-bond acceptors (Lipinski definition) is 3. The normalized spacial score (nSPS) is 15.4. The van der Waals surface area contributed by atoms with Crippen LogP contribution in [0, 0.1) is 19.3 Å². The molecule has 0 spiro atoms. The van der Waals surface area contributed by atoms with Crippen LogP contribution in [-0.2, 0) is 16.1 Å². The highest BCUT2D eigenvalue weighted by Gasteiger charge is 2.45. The van der Waals surface area contributed by atoms with Gasteiger partial charge in [-0.25, -0.2) is 4.68 Å². The summed E-state index contributed by atoms with van der Waals surface area (Å²) in [6.45, 7) is 4.25. The van der Waals surface area contributed by atoms with Gasteiger partial charge in [-0.1, -0.05) is 24.6 Å². The number of benzene rings is 1. The van der Waals surface area contributed by atoms with Crippen LogP contribution >= 0.6 is 0 Å². The second-order valence-electron chi connectivity index (χ2n) is 6.79. The maximum absolute atomic E-state index is 12.2. The van der Waals surface area contributed by atoms with E-state index in [0.717, 1.165) is 29.1 Å². The smallest absolute Gasteiger partial charge is 0.310 e. The quantitative estimate of drug-likeness (QED) is 0.846. The Balaban J connectivity index is 1.69. The minimum atomic E-state index is -0.863. The van der Waals surface area contributed by atoms with E-state index in [0.29, 0.717) is 19.4 Å². The van der Waals surface area contributed by atoms with Crippen molar-refractivity contribution < 1.29 is 14.7 Å². The molecule has 0 radical (unpaired) electrons. The van der Waals surface area contributed by atoms with E-state index >= 15 is 0 Å². The molecule has 6 nitrogen and oxygen atoms in total. The first kappa shape index (κ1) is 17.2. The average Bonchev–Trinajstić information content (AvgIpc) is 2.84. The molecule has 1 aromatic heterocycles. The molecule has 132 valence electrons. The fourth-order valence-corrected chi connectivity index (χ4v) is 3.38. The molecule has 1 aliphatic rings. The molecule has 25 heavy (non-hydrogen) atoms. The molecule has 1 fully saturated rings. The van der Waals surface area contributed by atoms with Gasteiger partial charge >= 0.3 is 5.97 Å². The minimum absolute atomic E-state index is 0.0489. The monoisotopic (exact) mass is 341 g/mol. The molecule has 6 heteroatoms. The molecule has 0 atom stereocenters. The fraction of sp³-hybridized carbons (Fsp3) is 0.421. The number of nitrogens with zero attached hydrogens (tertiary/aromatic N) is 2. The summed E-state index contributed by atoms with van der Waals surface area (Å²) in [4.78, 5) is 23.6. The van der Waals surface area contributed by atoms with Crippen molar-refractivity contribution in [1.82, 2.24) is 15.1 Å². The second-order valence-corrected chi connectivity index (χ2v) is 6.79. The third-order valence-electron chi connectivity index (χ3n) is 5.17. The number of aryl methyl sites for hydroxylation is 1. The summed E-state index contributed by atoms with van der Waals surface area (Å²) in [5, 5.41) is 16.8. The van der Waals surface area contributed by atoms with E-state index in [4.69, 9.17) is 0 Å². The van der Waals surface area contributed by atoms with Crippen molar-refractivity contribution in [2.24, 2.45) is 5.41 Å². The molecule has 2 N–H and O–H groups in total. The van der Waals surface area contributed by atoms with Crippen molar-refractivity contribution >= 4 is 11.9 Å². The Bertz CT molecular complexity index is 792. The molecule has 0 bridgehead atoms. The number of carbonyl (C=O) groups excluding carboxylic acids is 1. The zero-order valence-electron chi connectivity index (χ0n) is 14.6. The predicted molar refractivity (Wildman–Crippen MR) is 93.4 cm³/mol. The van der Waals surface area contributed by atoms with Gasteiger partial charge in [0.15, 0.2) is 0 Å². The number of amides is 1. The van der Waals surface area contributed by atoms with Gasteiger partial charge in [-0.3, -0.25) is 9.59 Å². The predicted octanol–water partition coefficient (Wildman–Crippen LogP) is 2.75. The number of para-hydroxylation sites is 1. The molecular weight excluding hydrogens is 318 g/mol. The van der Waals surface area contributed by atoms with Crippen molar-refractivity contribution in [3.8, 4) is 5.69 Å². The lowest BCUT2D eigenvalue weighted by atomic mass is 9.66. The van der Waals surface area contributed by atoms with Gasteiger partial charge in [-0.2, -0.15) is 5.10 Å². The van der Waals surface area contributed by atoms with Gasteiger partial charge in [0.25, 0.3) is 0 Å². The molecule has 1 amide bonds. The van der Waals surface area contributed by atoms with Crippen LogP contribution in [0.2, 0.25) is 0 Å². The summed E-state index contributed by atoms with van der Waals surface area (Å²) in [5.74, 6) is -1.08. The Hall–Kier alpha value is -2.63. The van der Waals surface area contributed by atoms with Crippen LogP contribution in [0.25, 0.3) is 5.69 Å². The van der Waals surface area contributed by atoms with Gasteiger partial charge in [0, 0.05) is 24.2 Å². The summed E-state index contributed by atoms with van der Waals surface area (Å²) in [6.07, 6.45) is 2.09. The van der Waals surface area contributed by atoms with Gasteiger partial charge in [0.05, 0.1) is 16.8 Å². The number of aromatic nitrogens is 2. The van der Waals surface area contributed by atoms with Crippen LogP contribution in [0.5, 0.6) is 0 Å². The van der Waals surface area contributed by atoms with Crippen molar-refractivity contribution in [3.63, 3.8) is 0 Å². The maximum atomic E-state index is 12.2. The van der Waals surface area contributed by atoms with Crippen molar-refractivity contribution in [2.45, 2.75) is 46.1 Å². The van der Waals surface area contributed by atoms with Crippen LogP contribution in [0.1, 0.15) is 42.6 Å². The average molecular weight is 341 g/mol. The Morgan fingerprint density at radius 3 is 2.48 bits per heavy atom. The molecule has 0 aliphatic heterocycles. The fourth-order valence-electron chi connectivity index (χ4n) is 3.38. The van der Waals surface area contributed by atoms with Crippen LogP contribution in [0.3, 0.4) is 0 Å². The number of carboxylic acid groups (broad SMARTS) is 1. The largest absolute Gasteiger partial charge is 0.481 e. The number of aliphatic carboxylic acids is 1. The van der Waals surface area contributed by atoms with Crippen LogP contribution in [0.15, 0.2) is 30.3 Å². The lowest BCUT2D eigenvalue weighted by molar-refractivity contribution is -0.157. The lowest BCUT2D eigenvalue weighted by Gasteiger charge is -2.36. The molecule has 1 saturated carbocycles. The highest BCUT2D eigenvalue weighted by molar-refractivity contribution is 5.85. The summed E-state index contributed by atoms with van der Waals surface area (Å²) in [6, 6.07) is 9.83. The summed E-state index contributed by atoms with van der Waals surface area (Å²) in [7, 11) is 0. The highest BCUT2D eigenvalue weighted by Crippen LogP contribution is 2.44. The molecule has 0 saturated heterocycles. The second kappa shape index (κ2) is 6.70. The lowest BCUT2D eigenvalue weighted by Crippen LogP contribution is -2.42. The van der Waals surface area contributed by atoms with E-state index in [1.54, 1.807) is 0 Å². The highest BCUT2D eigenvalue weighted by atomic mass is 16.4. The van der Waals surface area contributed by atoms with Gasteiger partial charge < -0.3 is 10.4 Å². The first-order valence-electron chi connectivity index (χ1n) is 8.53. The van der Waals surface area contributed by atoms with Gasteiger partial charge in [0.1, 0.15) is 0 Å². The van der Waals surface area contributed by atoms with E-state index in [2.05, 4.69) is 10.4 Å². The SMILES string of the molecule is Cc1nn(-c2ccccc2)c(C)c1CNC(=O)CC1(C(=O)O)CCC1. The molecule has 0 unspecified atom stereocenters. The summed E-state index contributed by atoms with van der Waals surface area (Å²) in [5.41, 5.74) is 2.91. The van der Waals surface area contributed by atoms with E-state index < -0.39 is 11.4 Å². The molecule has 2 aromatic rings. The van der Waals surface area contributed by atoms with Gasteiger partial charge in [0.2, 0.25) is 5.91 Å². The molecule has 1 aromatic carbocycles. The third kappa shape index (κ3) is 3.29. The van der Waals surface area contributed by atoms with E-state index in [-0.39, 0.29) is 12.3 Å². The van der Waals surface area contributed by atoms with Gasteiger partial charge in [-0.05, 0) is 38.8 Å². The van der Waals surface area contributed by atoms with Gasteiger partial charge in [-0.15, -0.1) is 0 Å². The maximum Gasteiger partial charge on any atom is 0.310 e. The van der Waals surface area contributed by atoms with E-state index in [1.807, 2.05) is 48.9 Å². The van der Waals surface area contributed by atoms with Crippen LogP contribution < -0.4 is 5.32 Å². The van der Waals surface area contributed by atoms with Crippen molar-refractivity contribution in [1.29, 1.82) is 0 Å².